The summed E-state index contributed by atoms with van der Waals surface area (Å²) in [6.45, 7) is 3.68. The van der Waals surface area contributed by atoms with Crippen molar-refractivity contribution in [2.75, 3.05) is 221 Å². The summed E-state index contributed by atoms with van der Waals surface area (Å²) < 4.78 is 179. The number of aromatic nitrogens is 9. The highest BCUT2D eigenvalue weighted by Gasteiger charge is 2.43. The second-order valence-corrected chi connectivity index (χ2v) is 30.7. The molecule has 51 heteroatoms. The van der Waals surface area contributed by atoms with Gasteiger partial charge in [-0.1, -0.05) is 12.1 Å². The Balaban J connectivity index is 0.595. The number of aliphatic hydroxyl groups excluding tert-OH is 6. The number of aliphatic hydroxyl groups is 6. The van der Waals surface area contributed by atoms with Gasteiger partial charge in [0, 0.05) is 62.6 Å². The van der Waals surface area contributed by atoms with Crippen molar-refractivity contribution >= 4 is 73.7 Å². The monoisotopic (exact) mass is 1950 g/mol. The SMILES string of the molecule is CC(=O)c1nn(CC(=O)N2C[C@H](F)C[C@H]2C(=O)Nc2cccc(Br)n2)c2ccc(-c3cnc(CNC(=O)COCCOCCOCC(O)NC(COCCC(=O)NCCOCCOCCOCCOC[C@H]4OC[C@H](Nc5cncc(C(F)(F)F)n5)[C@@H](O)[C@H]4O)COCCC(O)NCCOCCOCCOCCOC[C@H]4OC[C@H](Nc5cncc(C(F)(F)F)n5)[C@@H](O)[C@H]4O)nc3)cc12. The first-order valence-electron chi connectivity index (χ1n) is 42.4. The van der Waals surface area contributed by atoms with Gasteiger partial charge in [-0.25, -0.2) is 29.3 Å². The quantitative estimate of drug-likeness (QED) is 0.00795. The predicted octanol–water partition coefficient (Wildman–Crippen LogP) is 0.164. The van der Waals surface area contributed by atoms with Gasteiger partial charge in [-0.15, -0.1) is 0 Å². The first kappa shape index (κ1) is 107. The second-order valence-electron chi connectivity index (χ2n) is 29.9. The van der Waals surface area contributed by atoms with E-state index in [1.165, 1.54) is 16.5 Å². The summed E-state index contributed by atoms with van der Waals surface area (Å²) in [5.74, 6) is -2.27. The van der Waals surface area contributed by atoms with Crippen molar-refractivity contribution in [3.63, 3.8) is 0 Å². The molecule has 1 aromatic carbocycles. The molecule has 8 heterocycles. The molecule has 3 unspecified atom stereocenters. The van der Waals surface area contributed by atoms with Gasteiger partial charge < -0.3 is 133 Å². The van der Waals surface area contributed by atoms with Crippen LogP contribution in [0.25, 0.3) is 22.0 Å². The molecule has 13 atom stereocenters. The summed E-state index contributed by atoms with van der Waals surface area (Å²) in [6.07, 6.45) is -14.2. The van der Waals surface area contributed by atoms with Crippen molar-refractivity contribution < 1.29 is 156 Å². The molecule has 3 aliphatic heterocycles. The second kappa shape index (κ2) is 57.2. The van der Waals surface area contributed by atoms with E-state index in [4.69, 9.17) is 71.1 Å². The van der Waals surface area contributed by atoms with E-state index < -0.39 is 121 Å². The Bertz CT molecular complexity index is 4430. The number of ether oxygens (including phenoxy) is 15. The van der Waals surface area contributed by atoms with Crippen molar-refractivity contribution in [3.8, 4) is 11.1 Å². The zero-order chi connectivity index (χ0) is 94.6. The third-order valence-corrected chi connectivity index (χ3v) is 20.2. The maximum atomic E-state index is 14.8. The lowest BCUT2D eigenvalue weighted by Gasteiger charge is -2.38. The molecular formula is C81H113BrF7N17O26. The zero-order valence-electron chi connectivity index (χ0n) is 72.2. The summed E-state index contributed by atoms with van der Waals surface area (Å²) in [5, 5.41) is 87.9. The third-order valence-electron chi connectivity index (χ3n) is 19.8. The predicted molar refractivity (Wildman–Crippen MR) is 450 cm³/mol. The average Bonchev–Trinajstić information content (AvgIpc) is 1.62. The summed E-state index contributed by atoms with van der Waals surface area (Å²) >= 11 is 3.25. The number of carbonyl (C=O) groups excluding carboxylic acids is 5. The fourth-order valence-electron chi connectivity index (χ4n) is 13.1. The molecule has 3 fully saturated rings. The highest BCUT2D eigenvalue weighted by atomic mass is 79.9. The molecule has 43 nitrogen and oxygen atoms in total. The van der Waals surface area contributed by atoms with Gasteiger partial charge in [0.05, 0.1) is 240 Å². The van der Waals surface area contributed by atoms with Crippen LogP contribution in [0.4, 0.5) is 48.2 Å². The van der Waals surface area contributed by atoms with Crippen LogP contribution in [0.5, 0.6) is 0 Å². The van der Waals surface area contributed by atoms with Gasteiger partial charge in [0.2, 0.25) is 23.6 Å². The molecule has 0 aliphatic carbocycles. The molecule has 13 N–H and O–H groups in total. The van der Waals surface area contributed by atoms with E-state index in [1.54, 1.807) is 48.8 Å². The number of likely N-dealkylation sites (tertiary alicyclic amines) is 1. The summed E-state index contributed by atoms with van der Waals surface area (Å²) in [6, 6.07) is 6.39. The van der Waals surface area contributed by atoms with Crippen molar-refractivity contribution in [3.05, 3.63) is 101 Å². The van der Waals surface area contributed by atoms with Crippen molar-refractivity contribution in [2.24, 2.45) is 0 Å². The fourth-order valence-corrected chi connectivity index (χ4v) is 13.4. The number of hydrogen-bond acceptors (Lipinski definition) is 38. The van der Waals surface area contributed by atoms with Crippen molar-refractivity contribution in [2.45, 2.75) is 131 Å². The summed E-state index contributed by atoms with van der Waals surface area (Å²) in [7, 11) is 0. The van der Waals surface area contributed by atoms with Crippen LogP contribution in [-0.4, -0.2) is 394 Å². The number of Topliss-reactive ketones (excluding diaryl/α,β-unsaturated/α-hetero) is 1. The maximum absolute atomic E-state index is 14.8. The molecule has 132 heavy (non-hydrogen) atoms. The minimum atomic E-state index is -4.72. The summed E-state index contributed by atoms with van der Waals surface area (Å²) in [4.78, 5) is 93.2. The number of fused-ring (bicyclic) bond motifs is 1. The minimum Gasteiger partial charge on any atom is -0.388 e. The van der Waals surface area contributed by atoms with Gasteiger partial charge in [0.25, 0.3) is 0 Å². The van der Waals surface area contributed by atoms with Gasteiger partial charge >= 0.3 is 12.4 Å². The number of alkyl halides is 7. The van der Waals surface area contributed by atoms with Crippen LogP contribution >= 0.6 is 15.9 Å². The standard InChI is InChI=1S/C81H113BrF7N17O26/c1-50(107)74-55-31-51(5-6-58(55)106(104-74)41-73(112)105-40-53(83)32-59(105)79(117)103-65-4-2-3-64(82)102-65)52-33-94-66(95-34-52)39-96-71(110)48-129-29-25-124-26-30-130-49-72(111)97-54(42-125-11-7-69(108)92-9-13-118-15-17-120-19-21-122-23-27-127-46-60-77(115)75(113)56(44-131-60)98-67-37-90-35-62(100-67)80(84,85)86)43-126-12-8-70(109)93-10-14-119-16-18-121-20-22-123-24-28-128-47-61-78(116)76(114)57(45-132-61)99-68-38-91-36-63(101-68)81(87,88)89/h2-6,31,33-38,53-54,56-57,59-61,69,72,75-78,92,97,108,111,113-116H,7-30,32,39-49H2,1H3,(H,93,109)(H,96,110)(H,98,100)(H,99,101)(H,102,103,117)/t53-,54?,56+,57+,59+,60-,61-,69?,72?,75-,76-,77+,78+/m1/s1. The molecule has 9 rings (SSSR count). The molecule has 4 amide bonds. The third kappa shape index (κ3) is 37.9. The van der Waals surface area contributed by atoms with Gasteiger partial charge in [0.1, 0.15) is 108 Å². The number of anilines is 3. The van der Waals surface area contributed by atoms with Crippen LogP contribution in [0.2, 0.25) is 0 Å². The highest BCUT2D eigenvalue weighted by Crippen LogP contribution is 2.32. The molecule has 0 radical (unpaired) electrons. The van der Waals surface area contributed by atoms with Crippen LogP contribution in [0.3, 0.4) is 0 Å². The van der Waals surface area contributed by atoms with Crippen LogP contribution < -0.4 is 37.2 Å². The molecule has 5 aromatic heterocycles. The number of hydrogen-bond donors (Lipinski definition) is 13. The lowest BCUT2D eigenvalue weighted by molar-refractivity contribution is -0.161. The van der Waals surface area contributed by atoms with E-state index in [1.807, 2.05) is 0 Å². The summed E-state index contributed by atoms with van der Waals surface area (Å²) in [5.41, 5.74) is -0.711. The number of ketones is 1. The Hall–Kier alpha value is -8.70. The number of rotatable bonds is 63. The molecular weight excluding hydrogens is 1840 g/mol. The normalized spacial score (nSPS) is 20.2. The largest absolute Gasteiger partial charge is 0.434 e. The molecule has 6 aromatic rings. The molecule has 0 bridgehead atoms. The number of pyridine rings is 1. The van der Waals surface area contributed by atoms with E-state index in [0.29, 0.717) is 51.4 Å². The highest BCUT2D eigenvalue weighted by molar-refractivity contribution is 9.10. The molecule has 3 aliphatic rings. The Morgan fingerprint density at radius 3 is 1.64 bits per heavy atom. The fraction of sp³-hybridized carbons (Fsp3) is 0.642. The lowest BCUT2D eigenvalue weighted by atomic mass is 9.98. The first-order chi connectivity index (χ1) is 63.6. The first-order valence-corrected chi connectivity index (χ1v) is 43.2. The van der Waals surface area contributed by atoms with Gasteiger partial charge in [-0.05, 0) is 45.8 Å². The Morgan fingerprint density at radius 1 is 0.561 bits per heavy atom. The maximum Gasteiger partial charge on any atom is 0.434 e. The molecule has 734 valence electrons. The van der Waals surface area contributed by atoms with Gasteiger partial charge in [0.15, 0.2) is 17.2 Å². The lowest BCUT2D eigenvalue weighted by Crippen LogP contribution is -2.57. The topological polar surface area (TPSA) is 541 Å². The van der Waals surface area contributed by atoms with Gasteiger partial charge in [-0.2, -0.15) is 31.4 Å². The Labute approximate surface area is 761 Å². The number of amides is 4. The number of carbonyl (C=O) groups is 5. The van der Waals surface area contributed by atoms with Crippen LogP contribution in [0.15, 0.2) is 78.2 Å². The number of benzene rings is 1. The van der Waals surface area contributed by atoms with Crippen LogP contribution in [-0.2, 0) is 116 Å². The molecule has 0 spiro atoms. The van der Waals surface area contributed by atoms with Crippen LogP contribution in [0.1, 0.15) is 53.9 Å². The van der Waals surface area contributed by atoms with Gasteiger partial charge in [-0.3, -0.25) is 49.3 Å². The molecule has 3 saturated heterocycles. The minimum absolute atomic E-state index is 0.000846. The van der Waals surface area contributed by atoms with Crippen molar-refractivity contribution in [1.82, 2.24) is 70.8 Å². The average molecular weight is 1950 g/mol. The van der Waals surface area contributed by atoms with Crippen LogP contribution in [0, 0.1) is 0 Å². The number of nitrogens with zero attached hydrogens (tertiary/aromatic N) is 10. The van der Waals surface area contributed by atoms with E-state index >= 15 is 0 Å². The molecule has 0 saturated carbocycles. The van der Waals surface area contributed by atoms with Crippen molar-refractivity contribution in [1.29, 1.82) is 0 Å². The van der Waals surface area contributed by atoms with E-state index in [0.717, 1.165) is 12.4 Å². The number of nitrogens with one attached hydrogen (secondary N) is 7. The Kier molecular flexibility index (Phi) is 46.4. The zero-order valence-corrected chi connectivity index (χ0v) is 73.8. The Morgan fingerprint density at radius 2 is 1.08 bits per heavy atom. The van der Waals surface area contributed by atoms with E-state index in [-0.39, 0.29) is 265 Å². The van der Waals surface area contributed by atoms with E-state index in [2.05, 4.69) is 93.1 Å². The smallest absolute Gasteiger partial charge is 0.388 e. The van der Waals surface area contributed by atoms with E-state index in [9.17, 15) is 85.3 Å². The number of halogens is 8.